The summed E-state index contributed by atoms with van der Waals surface area (Å²) in [6.45, 7) is -9.13. The molecule has 20 heavy (non-hydrogen) atoms. The fourth-order valence-corrected chi connectivity index (χ4v) is 1.88. The summed E-state index contributed by atoms with van der Waals surface area (Å²) in [5.41, 5.74) is -5.88. The van der Waals surface area contributed by atoms with Gasteiger partial charge in [-0.3, -0.25) is 0 Å². The van der Waals surface area contributed by atoms with Crippen LogP contribution in [0, 0.1) is 0 Å². The molecule has 0 radical (unpaired) electrons. The van der Waals surface area contributed by atoms with Crippen molar-refractivity contribution < 1.29 is 29.1 Å². The minimum Gasteiger partial charge on any atom is -0.361 e. The Bertz CT molecular complexity index is 1250. The quantitative estimate of drug-likeness (QED) is 0.846. The van der Waals surface area contributed by atoms with Crippen LogP contribution in [0.15, 0.2) is 24.3 Å². The number of likely N-dealkylation sites (N-methyl/N-ethyl adjacent to an activating group) is 1. The molecule has 0 atom stereocenters. The fraction of sp³-hybridized carbons (Fsp3) is 0.429. The van der Waals surface area contributed by atoms with Crippen LogP contribution in [0.5, 0.6) is 0 Å². The van der Waals surface area contributed by atoms with Gasteiger partial charge in [0.2, 0.25) is 10.0 Å². The van der Waals surface area contributed by atoms with Crippen molar-refractivity contribution >= 4 is 20.9 Å². The maximum absolute atomic E-state index is 12.7. The number of benzene rings is 1. The van der Waals surface area contributed by atoms with Crippen molar-refractivity contribution in [1.29, 1.82) is 0 Å². The van der Waals surface area contributed by atoms with Gasteiger partial charge in [-0.1, -0.05) is 6.04 Å². The molecule has 0 unspecified atom stereocenters. The Hall–Kier alpha value is -1.37. The Balaban J connectivity index is 2.88. The standard InChI is InChI=1S/C14H21N3O2S/c1-15-20(18,19)10-11-4-5-14-13(8-11)12(9-16-14)6-7-17(2)3/h4-5,8-9,15-16H,6-7,10H2,1-3H3/i1D3,2D3,4D,5D,7D2,8D,10D2/hD2. The molecule has 2 rings (SSSR count). The largest absolute Gasteiger partial charge is 0.361 e. The highest BCUT2D eigenvalue weighted by Crippen LogP contribution is 2.21. The molecule has 0 fully saturated rings. The predicted octanol–water partition coefficient (Wildman–Crippen LogP) is 1.32. The van der Waals surface area contributed by atoms with Crippen molar-refractivity contribution in [2.45, 2.75) is 12.1 Å². The number of aromatic nitrogens is 1. The lowest BCUT2D eigenvalue weighted by atomic mass is 10.1. The first kappa shape index (κ1) is 4.83. The Morgan fingerprint density at radius 1 is 1.65 bits per heavy atom. The van der Waals surface area contributed by atoms with Crippen LogP contribution < -0.4 is 4.72 Å². The van der Waals surface area contributed by atoms with Crippen molar-refractivity contribution in [3.8, 4) is 0 Å². The summed E-state index contributed by atoms with van der Waals surface area (Å²) in [7, 11) is -4.76. The van der Waals surface area contributed by atoms with Crippen LogP contribution >= 0.6 is 0 Å². The smallest absolute Gasteiger partial charge is 0.215 e. The van der Waals surface area contributed by atoms with Gasteiger partial charge in [-0.05, 0) is 50.6 Å². The molecule has 0 bridgehead atoms. The minimum atomic E-state index is -5.72. The summed E-state index contributed by atoms with van der Waals surface area (Å²) in [6.07, 6.45) is 0.125. The van der Waals surface area contributed by atoms with E-state index in [1.807, 2.05) is 0 Å². The second kappa shape index (κ2) is 5.95. The Labute approximate surface area is 141 Å². The third kappa shape index (κ3) is 3.59. The minimum absolute atomic E-state index is 0.261. The van der Waals surface area contributed by atoms with Gasteiger partial charge in [-0.25, -0.2) is 13.1 Å². The first-order valence-electron chi connectivity index (χ1n) is 12.7. The van der Waals surface area contributed by atoms with Crippen LogP contribution in [0.3, 0.4) is 0 Å². The Morgan fingerprint density at radius 2 is 2.50 bits per heavy atom. The molecular weight excluding hydrogens is 274 g/mol. The highest BCUT2D eigenvalue weighted by Gasteiger charge is 2.11. The lowest BCUT2D eigenvalue weighted by Gasteiger charge is -2.08. The van der Waals surface area contributed by atoms with Crippen LogP contribution in [-0.2, 0) is 22.1 Å². The number of fused-ring (bicyclic) bond motifs is 1. The molecule has 6 heteroatoms. The molecule has 0 aliphatic rings. The summed E-state index contributed by atoms with van der Waals surface area (Å²) in [5, 5.41) is -0.497. The van der Waals surface area contributed by atoms with Crippen LogP contribution in [0.2, 0.25) is 2.82 Å². The SMILES string of the molecule is [2H]c1c(C([2H])([2H])S(=O)(=O)N([2H])C([2H])([2H])[2H])c([2H])c2c(CC([2H])([2H])N(C)C([2H])([2H])[2H])cn([2H])c2c1[2H]. The van der Waals surface area contributed by atoms with Crippen LogP contribution in [0.4, 0.5) is 0 Å². The lowest BCUT2D eigenvalue weighted by Crippen LogP contribution is -2.20. The van der Waals surface area contributed by atoms with Crippen molar-refractivity contribution in [2.24, 2.45) is 0 Å². The first-order valence-corrected chi connectivity index (χ1v) is 6.76. The molecular formula is C14H21N3O2S. The van der Waals surface area contributed by atoms with Crippen molar-refractivity contribution in [3.05, 3.63) is 35.5 Å². The molecule has 0 saturated carbocycles. The highest BCUT2D eigenvalue weighted by molar-refractivity contribution is 7.88. The Morgan fingerprint density at radius 3 is 3.25 bits per heavy atom. The molecule has 0 amide bonds. The van der Waals surface area contributed by atoms with E-state index in [-0.39, 0.29) is 5.56 Å². The summed E-state index contributed by atoms with van der Waals surface area (Å²) >= 11 is 0. The summed E-state index contributed by atoms with van der Waals surface area (Å²) < 4.78 is 140. The average molecular weight is 310 g/mol. The number of rotatable bonds is 6. The zero-order valence-electron chi connectivity index (χ0n) is 25.4. The molecule has 0 aliphatic heterocycles. The zero-order valence-corrected chi connectivity index (χ0v) is 11.2. The van der Waals surface area contributed by atoms with E-state index in [1.54, 1.807) is 0 Å². The second-order valence-electron chi connectivity index (χ2n) is 3.82. The summed E-state index contributed by atoms with van der Waals surface area (Å²) in [4.78, 5) is 0.887. The number of hydrogen-bond donors (Lipinski definition) is 2. The lowest BCUT2D eigenvalue weighted by molar-refractivity contribution is 0.414. The number of H-pyrrole nitrogens is 1. The monoisotopic (exact) mass is 310 g/mol. The summed E-state index contributed by atoms with van der Waals surface area (Å²) in [6, 6.07) is -3.13. The first-order chi connectivity index (χ1) is 15.4. The van der Waals surface area contributed by atoms with Crippen molar-refractivity contribution in [1.82, 2.24) is 14.6 Å². The summed E-state index contributed by atoms with van der Waals surface area (Å²) in [5.74, 6) is 0. The van der Waals surface area contributed by atoms with E-state index in [1.165, 1.54) is 0 Å². The number of sulfonamides is 1. The van der Waals surface area contributed by atoms with Gasteiger partial charge in [0.1, 0.15) is 1.41 Å². The molecule has 1 aromatic carbocycles. The maximum Gasteiger partial charge on any atom is 0.215 e. The molecule has 1 heterocycles. The molecule has 2 N–H and O–H groups in total. The van der Waals surface area contributed by atoms with Gasteiger partial charge in [0, 0.05) is 37.3 Å². The van der Waals surface area contributed by atoms with Crippen LogP contribution in [-0.4, -0.2) is 45.8 Å². The van der Waals surface area contributed by atoms with E-state index in [9.17, 15) is 8.42 Å². The van der Waals surface area contributed by atoms with Crippen molar-refractivity contribution in [2.75, 3.05) is 27.5 Å². The molecule has 110 valence electrons. The maximum atomic E-state index is 12.7. The van der Waals surface area contributed by atoms with E-state index in [2.05, 4.69) is 0 Å². The van der Waals surface area contributed by atoms with E-state index in [0.717, 1.165) is 13.2 Å². The van der Waals surface area contributed by atoms with Gasteiger partial charge in [0.15, 0.2) is 1.41 Å². The molecule has 2 aromatic rings. The number of nitrogens with one attached hydrogen (secondary N) is 2. The van der Waals surface area contributed by atoms with Gasteiger partial charge in [-0.15, -0.1) is 0 Å². The molecule has 0 spiro atoms. The van der Waals surface area contributed by atoms with Crippen LogP contribution in [0.25, 0.3) is 10.9 Å². The normalized spacial score (nSPS) is 26.2. The second-order valence-corrected chi connectivity index (χ2v) is 5.16. The molecule has 1 aromatic heterocycles. The van der Waals surface area contributed by atoms with E-state index >= 15 is 0 Å². The molecule has 0 aliphatic carbocycles. The fourth-order valence-electron chi connectivity index (χ4n) is 1.48. The average Bonchev–Trinajstić information content (AvgIpc) is 2.98. The van der Waals surface area contributed by atoms with Crippen LogP contribution in [0.1, 0.15) is 28.9 Å². The number of aromatic amines is 1. The van der Waals surface area contributed by atoms with Gasteiger partial charge in [-0.2, -0.15) is 0 Å². The van der Waals surface area contributed by atoms with Gasteiger partial charge >= 0.3 is 0 Å². The highest BCUT2D eigenvalue weighted by atomic mass is 32.2. The number of aryl methyl sites for hydroxylation is 1. The molecule has 0 saturated heterocycles. The van der Waals surface area contributed by atoms with Gasteiger partial charge < -0.3 is 9.88 Å². The number of nitrogens with zero attached hydrogens (tertiary/aromatic N) is 1. The van der Waals surface area contributed by atoms with Gasteiger partial charge in [0.25, 0.3) is 0 Å². The predicted molar refractivity (Wildman–Crippen MR) is 82.2 cm³/mol. The van der Waals surface area contributed by atoms with E-state index in [0.29, 0.717) is 9.88 Å². The molecule has 5 nitrogen and oxygen atoms in total. The zero-order chi connectivity index (χ0) is 27.7. The Kier molecular flexibility index (Phi) is 1.44. The third-order valence-corrected chi connectivity index (χ3v) is 3.02. The van der Waals surface area contributed by atoms with E-state index in [4.69, 9.17) is 20.6 Å². The topological polar surface area (TPSA) is 65.2 Å². The third-order valence-electron chi connectivity index (χ3n) is 2.32. The number of hydrogen-bond acceptors (Lipinski definition) is 3. The van der Waals surface area contributed by atoms with Gasteiger partial charge in [0.05, 0.1) is 9.82 Å². The van der Waals surface area contributed by atoms with E-state index < -0.39 is 81.9 Å². The van der Waals surface area contributed by atoms with Crippen molar-refractivity contribution in [3.63, 3.8) is 0 Å².